The zero-order chi connectivity index (χ0) is 9.52. The molecular formula is C10H17NOS. The van der Waals surface area contributed by atoms with Gasteiger partial charge in [0.25, 0.3) is 0 Å². The van der Waals surface area contributed by atoms with E-state index in [0.717, 1.165) is 26.1 Å². The lowest BCUT2D eigenvalue weighted by Crippen LogP contribution is -2.18. The highest BCUT2D eigenvalue weighted by molar-refractivity contribution is 7.10. The molecule has 1 rings (SSSR count). The molecule has 1 aromatic heterocycles. The summed E-state index contributed by atoms with van der Waals surface area (Å²) in [6.45, 7) is 4.88. The molecule has 3 heteroatoms. The molecule has 0 amide bonds. The molecule has 0 bridgehead atoms. The Kier molecular flexibility index (Phi) is 5.05. The smallest absolute Gasteiger partial charge is 0.0587 e. The highest BCUT2D eigenvalue weighted by atomic mass is 32.1. The van der Waals surface area contributed by atoms with E-state index in [1.54, 1.807) is 7.11 Å². The van der Waals surface area contributed by atoms with Crippen LogP contribution in [0.5, 0.6) is 0 Å². The van der Waals surface area contributed by atoms with E-state index in [1.165, 1.54) is 10.4 Å². The minimum Gasteiger partial charge on any atom is -0.383 e. The fourth-order valence-electron chi connectivity index (χ4n) is 1.21. The van der Waals surface area contributed by atoms with E-state index in [2.05, 4.69) is 23.7 Å². The summed E-state index contributed by atoms with van der Waals surface area (Å²) in [5.74, 6) is 0. The SMILES string of the molecule is CCc1ccsc1CNCCOC. The number of rotatable bonds is 6. The molecule has 0 radical (unpaired) electrons. The summed E-state index contributed by atoms with van der Waals surface area (Å²) in [5, 5.41) is 5.51. The van der Waals surface area contributed by atoms with Gasteiger partial charge in [0.2, 0.25) is 0 Å². The lowest BCUT2D eigenvalue weighted by atomic mass is 10.2. The van der Waals surface area contributed by atoms with Gasteiger partial charge in [0.15, 0.2) is 0 Å². The average Bonchev–Trinajstić information content (AvgIpc) is 2.60. The van der Waals surface area contributed by atoms with Crippen molar-refractivity contribution in [2.24, 2.45) is 0 Å². The molecule has 0 aliphatic carbocycles. The van der Waals surface area contributed by atoms with E-state index in [1.807, 2.05) is 11.3 Å². The first-order valence-electron chi connectivity index (χ1n) is 4.63. The first-order chi connectivity index (χ1) is 6.38. The number of ether oxygens (including phenoxy) is 1. The van der Waals surface area contributed by atoms with Crippen molar-refractivity contribution in [1.82, 2.24) is 5.32 Å². The summed E-state index contributed by atoms with van der Waals surface area (Å²) in [4.78, 5) is 1.46. The first kappa shape index (κ1) is 10.7. The van der Waals surface area contributed by atoms with Crippen molar-refractivity contribution in [3.8, 4) is 0 Å². The molecule has 1 N–H and O–H groups in total. The van der Waals surface area contributed by atoms with E-state index in [9.17, 15) is 0 Å². The van der Waals surface area contributed by atoms with Crippen molar-refractivity contribution in [2.45, 2.75) is 19.9 Å². The Bertz CT molecular complexity index is 235. The van der Waals surface area contributed by atoms with Crippen LogP contribution in [0.2, 0.25) is 0 Å². The molecule has 0 aliphatic heterocycles. The van der Waals surface area contributed by atoms with Crippen LogP contribution in [0.15, 0.2) is 11.4 Å². The zero-order valence-corrected chi connectivity index (χ0v) is 9.12. The Morgan fingerprint density at radius 2 is 2.38 bits per heavy atom. The second kappa shape index (κ2) is 6.13. The summed E-state index contributed by atoms with van der Waals surface area (Å²) in [5.41, 5.74) is 1.47. The molecule has 0 aromatic carbocycles. The van der Waals surface area contributed by atoms with Crippen LogP contribution in [0.25, 0.3) is 0 Å². The summed E-state index contributed by atoms with van der Waals surface area (Å²) in [6.07, 6.45) is 1.13. The van der Waals surface area contributed by atoms with Crippen molar-refractivity contribution >= 4 is 11.3 Å². The summed E-state index contributed by atoms with van der Waals surface area (Å²) in [6, 6.07) is 2.21. The number of thiophene rings is 1. The Balaban J connectivity index is 2.27. The highest BCUT2D eigenvalue weighted by Crippen LogP contribution is 2.16. The van der Waals surface area contributed by atoms with Crippen LogP contribution in [-0.2, 0) is 17.7 Å². The maximum Gasteiger partial charge on any atom is 0.0587 e. The normalized spacial score (nSPS) is 10.6. The summed E-state index contributed by atoms with van der Waals surface area (Å²) < 4.78 is 4.96. The number of aryl methyl sites for hydroxylation is 1. The standard InChI is InChI=1S/C10H17NOS/c1-3-9-4-7-13-10(9)8-11-5-6-12-2/h4,7,11H,3,5-6,8H2,1-2H3. The molecule has 1 aromatic rings. The number of hydrogen-bond donors (Lipinski definition) is 1. The third-order valence-corrected chi connectivity index (χ3v) is 2.95. The second-order valence-electron chi connectivity index (χ2n) is 2.89. The average molecular weight is 199 g/mol. The van der Waals surface area contributed by atoms with Crippen molar-refractivity contribution in [2.75, 3.05) is 20.3 Å². The molecule has 0 atom stereocenters. The number of nitrogens with one attached hydrogen (secondary N) is 1. The molecule has 2 nitrogen and oxygen atoms in total. The molecule has 0 aliphatic rings. The van der Waals surface area contributed by atoms with Crippen LogP contribution >= 0.6 is 11.3 Å². The van der Waals surface area contributed by atoms with Gasteiger partial charge in [-0.05, 0) is 23.4 Å². The Labute approximate surface area is 83.9 Å². The third-order valence-electron chi connectivity index (χ3n) is 1.99. The summed E-state index contributed by atoms with van der Waals surface area (Å²) >= 11 is 1.83. The second-order valence-corrected chi connectivity index (χ2v) is 3.89. The molecule has 0 saturated carbocycles. The topological polar surface area (TPSA) is 21.3 Å². The lowest BCUT2D eigenvalue weighted by molar-refractivity contribution is 0.199. The number of hydrogen-bond acceptors (Lipinski definition) is 3. The van der Waals surface area contributed by atoms with Crippen LogP contribution in [0, 0.1) is 0 Å². The van der Waals surface area contributed by atoms with E-state index >= 15 is 0 Å². The molecule has 13 heavy (non-hydrogen) atoms. The van der Waals surface area contributed by atoms with Gasteiger partial charge in [0, 0.05) is 25.1 Å². The van der Waals surface area contributed by atoms with Gasteiger partial charge in [-0.2, -0.15) is 0 Å². The predicted molar refractivity (Wildman–Crippen MR) is 57.3 cm³/mol. The van der Waals surface area contributed by atoms with Crippen LogP contribution in [0.4, 0.5) is 0 Å². The van der Waals surface area contributed by atoms with Gasteiger partial charge in [0.1, 0.15) is 0 Å². The van der Waals surface area contributed by atoms with E-state index < -0.39 is 0 Å². The van der Waals surface area contributed by atoms with Crippen LogP contribution in [-0.4, -0.2) is 20.3 Å². The van der Waals surface area contributed by atoms with Crippen molar-refractivity contribution in [3.63, 3.8) is 0 Å². The van der Waals surface area contributed by atoms with Crippen molar-refractivity contribution in [3.05, 3.63) is 21.9 Å². The van der Waals surface area contributed by atoms with Gasteiger partial charge in [-0.3, -0.25) is 0 Å². The van der Waals surface area contributed by atoms with E-state index in [4.69, 9.17) is 4.74 Å². The maximum atomic E-state index is 4.96. The lowest BCUT2D eigenvalue weighted by Gasteiger charge is -2.03. The molecule has 0 fully saturated rings. The Morgan fingerprint density at radius 3 is 3.08 bits per heavy atom. The zero-order valence-electron chi connectivity index (χ0n) is 8.30. The van der Waals surface area contributed by atoms with E-state index in [0.29, 0.717) is 0 Å². The van der Waals surface area contributed by atoms with Gasteiger partial charge >= 0.3 is 0 Å². The first-order valence-corrected chi connectivity index (χ1v) is 5.51. The van der Waals surface area contributed by atoms with Crippen molar-refractivity contribution in [1.29, 1.82) is 0 Å². The largest absolute Gasteiger partial charge is 0.383 e. The monoisotopic (exact) mass is 199 g/mol. The molecule has 74 valence electrons. The molecule has 0 saturated heterocycles. The highest BCUT2D eigenvalue weighted by Gasteiger charge is 2.00. The van der Waals surface area contributed by atoms with E-state index in [-0.39, 0.29) is 0 Å². The molecular weight excluding hydrogens is 182 g/mol. The predicted octanol–water partition coefficient (Wildman–Crippen LogP) is 2.05. The number of methoxy groups -OCH3 is 1. The van der Waals surface area contributed by atoms with Crippen LogP contribution < -0.4 is 5.32 Å². The quantitative estimate of drug-likeness (QED) is 0.708. The maximum absolute atomic E-state index is 4.96. The summed E-state index contributed by atoms with van der Waals surface area (Å²) in [7, 11) is 1.73. The van der Waals surface area contributed by atoms with Crippen LogP contribution in [0.1, 0.15) is 17.4 Å². The Morgan fingerprint density at radius 1 is 1.54 bits per heavy atom. The van der Waals surface area contributed by atoms with Gasteiger partial charge in [-0.25, -0.2) is 0 Å². The molecule has 1 heterocycles. The minimum atomic E-state index is 0.785. The fraction of sp³-hybridized carbons (Fsp3) is 0.600. The minimum absolute atomic E-state index is 0.785. The van der Waals surface area contributed by atoms with Gasteiger partial charge in [0.05, 0.1) is 6.61 Å². The van der Waals surface area contributed by atoms with Gasteiger partial charge in [-0.1, -0.05) is 6.92 Å². The van der Waals surface area contributed by atoms with Crippen LogP contribution in [0.3, 0.4) is 0 Å². The van der Waals surface area contributed by atoms with Gasteiger partial charge < -0.3 is 10.1 Å². The molecule has 0 spiro atoms. The Hall–Kier alpha value is -0.380. The third kappa shape index (κ3) is 3.46. The fourth-order valence-corrected chi connectivity index (χ4v) is 2.16. The van der Waals surface area contributed by atoms with Gasteiger partial charge in [-0.15, -0.1) is 11.3 Å². The van der Waals surface area contributed by atoms with Crippen molar-refractivity contribution < 1.29 is 4.74 Å². The molecule has 0 unspecified atom stereocenters.